The largest absolute Gasteiger partial charge is 0.497 e. The minimum atomic E-state index is 0.596. The van der Waals surface area contributed by atoms with Crippen LogP contribution in [0.25, 0.3) is 20.2 Å². The number of thiophene rings is 1. The topological polar surface area (TPSA) is 9.23 Å². The SMILES string of the molecule is COc1ccc2c(c1)sc1cc(C(C)C(C)C)ccc12. The third-order valence-corrected chi connectivity index (χ3v) is 5.35. The summed E-state index contributed by atoms with van der Waals surface area (Å²) in [5, 5.41) is 2.68. The van der Waals surface area contributed by atoms with Crippen molar-refractivity contribution in [1.82, 2.24) is 0 Å². The van der Waals surface area contributed by atoms with Gasteiger partial charge in [-0.15, -0.1) is 11.3 Å². The molecule has 0 fully saturated rings. The summed E-state index contributed by atoms with van der Waals surface area (Å²) in [4.78, 5) is 0. The number of hydrogen-bond acceptors (Lipinski definition) is 2. The number of fused-ring (bicyclic) bond motifs is 3. The molecule has 1 aromatic heterocycles. The first-order valence-corrected chi connectivity index (χ1v) is 7.92. The summed E-state index contributed by atoms with van der Waals surface area (Å²) in [5.74, 6) is 2.20. The van der Waals surface area contributed by atoms with Crippen molar-refractivity contribution in [3.8, 4) is 5.75 Å². The van der Waals surface area contributed by atoms with Gasteiger partial charge in [-0.25, -0.2) is 0 Å². The normalized spacial score (nSPS) is 13.2. The first-order chi connectivity index (χ1) is 9.60. The Morgan fingerprint density at radius 1 is 0.900 bits per heavy atom. The molecule has 0 N–H and O–H groups in total. The molecule has 2 heteroatoms. The zero-order valence-electron chi connectivity index (χ0n) is 12.4. The summed E-state index contributed by atoms with van der Waals surface area (Å²) >= 11 is 1.85. The number of methoxy groups -OCH3 is 1. The maximum atomic E-state index is 5.32. The van der Waals surface area contributed by atoms with Gasteiger partial charge in [0.2, 0.25) is 0 Å². The van der Waals surface area contributed by atoms with Gasteiger partial charge in [-0.3, -0.25) is 0 Å². The van der Waals surface area contributed by atoms with Gasteiger partial charge in [-0.1, -0.05) is 32.9 Å². The average molecular weight is 284 g/mol. The van der Waals surface area contributed by atoms with Crippen LogP contribution in [-0.4, -0.2) is 7.11 Å². The van der Waals surface area contributed by atoms with Crippen molar-refractivity contribution in [3.05, 3.63) is 42.0 Å². The van der Waals surface area contributed by atoms with E-state index < -0.39 is 0 Å². The third-order valence-electron chi connectivity index (χ3n) is 4.23. The fourth-order valence-corrected chi connectivity index (χ4v) is 3.75. The van der Waals surface area contributed by atoms with Crippen LogP contribution in [0.5, 0.6) is 5.75 Å². The lowest BCUT2D eigenvalue weighted by Gasteiger charge is -2.15. The van der Waals surface area contributed by atoms with Crippen molar-refractivity contribution in [3.63, 3.8) is 0 Å². The van der Waals surface area contributed by atoms with Crippen LogP contribution in [0, 0.1) is 5.92 Å². The van der Waals surface area contributed by atoms with E-state index in [4.69, 9.17) is 4.74 Å². The molecule has 104 valence electrons. The number of hydrogen-bond donors (Lipinski definition) is 0. The molecule has 0 aliphatic heterocycles. The molecule has 1 unspecified atom stereocenters. The summed E-state index contributed by atoms with van der Waals surface area (Å²) in [6, 6.07) is 13.2. The zero-order valence-corrected chi connectivity index (χ0v) is 13.3. The molecule has 1 nitrogen and oxygen atoms in total. The molecule has 3 aromatic rings. The van der Waals surface area contributed by atoms with Crippen LogP contribution < -0.4 is 4.74 Å². The summed E-state index contributed by atoms with van der Waals surface area (Å²) < 4.78 is 7.99. The van der Waals surface area contributed by atoms with Gasteiger partial charge in [0.1, 0.15) is 5.75 Å². The summed E-state index contributed by atoms with van der Waals surface area (Å²) in [6.07, 6.45) is 0. The van der Waals surface area contributed by atoms with Crippen LogP contribution in [0.15, 0.2) is 36.4 Å². The Hall–Kier alpha value is -1.54. The van der Waals surface area contributed by atoms with E-state index in [1.54, 1.807) is 7.11 Å². The van der Waals surface area contributed by atoms with E-state index in [0.29, 0.717) is 11.8 Å². The van der Waals surface area contributed by atoms with Gasteiger partial charge in [0, 0.05) is 20.2 Å². The highest BCUT2D eigenvalue weighted by Crippen LogP contribution is 2.37. The van der Waals surface area contributed by atoms with E-state index in [0.717, 1.165) is 5.75 Å². The minimum Gasteiger partial charge on any atom is -0.497 e. The van der Waals surface area contributed by atoms with Crippen LogP contribution >= 0.6 is 11.3 Å². The van der Waals surface area contributed by atoms with Gasteiger partial charge in [-0.2, -0.15) is 0 Å². The molecule has 1 heterocycles. The Kier molecular flexibility index (Phi) is 3.43. The molecule has 0 aliphatic rings. The van der Waals surface area contributed by atoms with Crippen LogP contribution in [0.1, 0.15) is 32.3 Å². The van der Waals surface area contributed by atoms with Crippen LogP contribution in [0.4, 0.5) is 0 Å². The molecule has 20 heavy (non-hydrogen) atoms. The van der Waals surface area contributed by atoms with E-state index in [-0.39, 0.29) is 0 Å². The van der Waals surface area contributed by atoms with E-state index in [9.17, 15) is 0 Å². The van der Waals surface area contributed by atoms with Crippen molar-refractivity contribution in [2.75, 3.05) is 7.11 Å². The molecular formula is C18H20OS. The smallest absolute Gasteiger partial charge is 0.120 e. The van der Waals surface area contributed by atoms with Crippen LogP contribution in [-0.2, 0) is 0 Å². The Morgan fingerprint density at radius 3 is 2.20 bits per heavy atom. The highest BCUT2D eigenvalue weighted by molar-refractivity contribution is 7.25. The predicted octanol–water partition coefficient (Wildman–Crippen LogP) is 5.82. The second-order valence-electron chi connectivity index (χ2n) is 5.75. The monoisotopic (exact) mass is 284 g/mol. The van der Waals surface area contributed by atoms with Crippen molar-refractivity contribution in [2.45, 2.75) is 26.7 Å². The van der Waals surface area contributed by atoms with Crippen LogP contribution in [0.3, 0.4) is 0 Å². The first-order valence-electron chi connectivity index (χ1n) is 7.10. The van der Waals surface area contributed by atoms with Crippen molar-refractivity contribution >= 4 is 31.5 Å². The summed E-state index contributed by atoms with van der Waals surface area (Å²) in [5.41, 5.74) is 1.44. The molecule has 2 aromatic carbocycles. The zero-order chi connectivity index (χ0) is 14.3. The van der Waals surface area contributed by atoms with E-state index in [1.807, 2.05) is 17.4 Å². The Labute approximate surface area is 124 Å². The lowest BCUT2D eigenvalue weighted by Crippen LogP contribution is -2.01. The molecule has 0 radical (unpaired) electrons. The number of rotatable bonds is 3. The van der Waals surface area contributed by atoms with E-state index >= 15 is 0 Å². The second kappa shape index (κ2) is 5.10. The maximum absolute atomic E-state index is 5.32. The van der Waals surface area contributed by atoms with E-state index in [1.165, 1.54) is 25.7 Å². The lowest BCUT2D eigenvalue weighted by atomic mass is 9.90. The molecule has 0 saturated carbocycles. The van der Waals surface area contributed by atoms with Gasteiger partial charge in [-0.05, 0) is 41.7 Å². The predicted molar refractivity (Wildman–Crippen MR) is 89.1 cm³/mol. The van der Waals surface area contributed by atoms with Crippen LogP contribution in [0.2, 0.25) is 0 Å². The highest BCUT2D eigenvalue weighted by Gasteiger charge is 2.12. The molecule has 3 rings (SSSR count). The van der Waals surface area contributed by atoms with Gasteiger partial charge < -0.3 is 4.74 Å². The van der Waals surface area contributed by atoms with Gasteiger partial charge >= 0.3 is 0 Å². The molecule has 0 aliphatic carbocycles. The van der Waals surface area contributed by atoms with E-state index in [2.05, 4.69) is 51.1 Å². The molecule has 0 amide bonds. The van der Waals surface area contributed by atoms with Crippen molar-refractivity contribution in [2.24, 2.45) is 5.92 Å². The lowest BCUT2D eigenvalue weighted by molar-refractivity contribution is 0.415. The summed E-state index contributed by atoms with van der Waals surface area (Å²) in [6.45, 7) is 6.87. The molecular weight excluding hydrogens is 264 g/mol. The Balaban J connectivity index is 2.17. The molecule has 1 atom stereocenters. The Bertz CT molecular complexity index is 755. The Morgan fingerprint density at radius 2 is 1.55 bits per heavy atom. The minimum absolute atomic E-state index is 0.596. The average Bonchev–Trinajstić information content (AvgIpc) is 2.82. The molecule has 0 spiro atoms. The number of benzene rings is 2. The summed E-state index contributed by atoms with van der Waals surface area (Å²) in [7, 11) is 1.72. The molecule has 0 saturated heterocycles. The standard InChI is InChI=1S/C18H20OS/c1-11(2)12(3)13-5-7-15-16-8-6-14(19-4)10-18(16)20-17(15)9-13/h5-12H,1-4H3. The number of ether oxygens (including phenoxy) is 1. The fourth-order valence-electron chi connectivity index (χ4n) is 2.57. The van der Waals surface area contributed by atoms with Gasteiger partial charge in [0.25, 0.3) is 0 Å². The third kappa shape index (κ3) is 2.18. The van der Waals surface area contributed by atoms with Gasteiger partial charge in [0.15, 0.2) is 0 Å². The highest BCUT2D eigenvalue weighted by atomic mass is 32.1. The molecule has 0 bridgehead atoms. The quantitative estimate of drug-likeness (QED) is 0.588. The second-order valence-corrected chi connectivity index (χ2v) is 6.84. The van der Waals surface area contributed by atoms with Crippen molar-refractivity contribution < 1.29 is 4.74 Å². The maximum Gasteiger partial charge on any atom is 0.120 e. The van der Waals surface area contributed by atoms with Gasteiger partial charge in [0.05, 0.1) is 7.11 Å². The first kappa shape index (κ1) is 13.4. The van der Waals surface area contributed by atoms with Crippen molar-refractivity contribution in [1.29, 1.82) is 0 Å². The fraction of sp³-hybridized carbons (Fsp3) is 0.333.